The number of aryl methyl sites for hydroxylation is 2. The molecule has 30 heavy (non-hydrogen) atoms. The molecule has 154 valence electrons. The van der Waals surface area contributed by atoms with Crippen LogP contribution in [-0.4, -0.2) is 30.9 Å². The number of esters is 1. The van der Waals surface area contributed by atoms with Gasteiger partial charge in [-0.2, -0.15) is 0 Å². The highest BCUT2D eigenvalue weighted by Crippen LogP contribution is 2.18. The van der Waals surface area contributed by atoms with Gasteiger partial charge in [0.2, 0.25) is 5.91 Å². The van der Waals surface area contributed by atoms with Crippen LogP contribution in [0.15, 0.2) is 60.7 Å². The minimum Gasteiger partial charge on any atom is -0.454 e. The van der Waals surface area contributed by atoms with Crippen LogP contribution in [0, 0.1) is 13.8 Å². The average Bonchev–Trinajstić information content (AvgIpc) is 2.74. The average molecular weight is 404 g/mol. The quantitative estimate of drug-likeness (QED) is 0.592. The van der Waals surface area contributed by atoms with E-state index in [1.54, 1.807) is 6.07 Å². The molecule has 0 aromatic heterocycles. The molecule has 0 saturated carbocycles. The molecular weight excluding hydrogens is 380 g/mol. The molecule has 0 unspecified atom stereocenters. The maximum Gasteiger partial charge on any atom is 0.325 e. The Hall–Kier alpha value is -3.67. The lowest BCUT2D eigenvalue weighted by Gasteiger charge is -2.09. The molecule has 0 aliphatic carbocycles. The maximum atomic E-state index is 12.2. The van der Waals surface area contributed by atoms with Crippen molar-refractivity contribution in [1.82, 2.24) is 5.32 Å². The molecule has 3 rings (SSSR count). The number of ether oxygens (including phenoxy) is 1. The van der Waals surface area contributed by atoms with Gasteiger partial charge in [0.25, 0.3) is 5.91 Å². The molecule has 0 saturated heterocycles. The molecule has 0 bridgehead atoms. The Morgan fingerprint density at radius 2 is 1.63 bits per heavy atom. The van der Waals surface area contributed by atoms with Crippen LogP contribution in [0.25, 0.3) is 10.8 Å². The molecule has 0 aliphatic rings. The number of benzene rings is 3. The van der Waals surface area contributed by atoms with Crippen molar-refractivity contribution in [3.8, 4) is 0 Å². The molecule has 0 spiro atoms. The second-order valence-corrected chi connectivity index (χ2v) is 7.10. The number of hydrogen-bond acceptors (Lipinski definition) is 4. The molecule has 6 heteroatoms. The standard InChI is InChI=1S/C24H24N2O4/c1-16-10-11-20(12-17(16)2)26-23(28)15-30-24(29)14-25-22(27)13-19-8-5-7-18-6-3-4-9-21(18)19/h3-12H,13-15H2,1-2H3,(H,25,27)(H,26,28). The van der Waals surface area contributed by atoms with Crippen LogP contribution in [0.3, 0.4) is 0 Å². The summed E-state index contributed by atoms with van der Waals surface area (Å²) in [6, 6.07) is 19.1. The molecule has 0 heterocycles. The number of anilines is 1. The summed E-state index contributed by atoms with van der Waals surface area (Å²) in [6.45, 7) is 3.23. The minimum absolute atomic E-state index is 0.155. The lowest BCUT2D eigenvalue weighted by Crippen LogP contribution is -2.33. The molecule has 6 nitrogen and oxygen atoms in total. The Labute approximate surface area is 175 Å². The number of carbonyl (C=O) groups is 3. The van der Waals surface area contributed by atoms with Crippen LogP contribution in [0.1, 0.15) is 16.7 Å². The topological polar surface area (TPSA) is 84.5 Å². The molecular formula is C24H24N2O4. The van der Waals surface area contributed by atoms with Crippen LogP contribution >= 0.6 is 0 Å². The van der Waals surface area contributed by atoms with E-state index >= 15 is 0 Å². The summed E-state index contributed by atoms with van der Waals surface area (Å²) in [6.07, 6.45) is 0.155. The van der Waals surface area contributed by atoms with Gasteiger partial charge in [0.15, 0.2) is 6.61 Å². The summed E-state index contributed by atoms with van der Waals surface area (Å²) in [5.41, 5.74) is 3.70. The number of carbonyl (C=O) groups excluding carboxylic acids is 3. The van der Waals surface area contributed by atoms with Gasteiger partial charge >= 0.3 is 5.97 Å². The van der Waals surface area contributed by atoms with Crippen LogP contribution in [0.4, 0.5) is 5.69 Å². The Morgan fingerprint density at radius 1 is 0.867 bits per heavy atom. The summed E-state index contributed by atoms with van der Waals surface area (Å²) >= 11 is 0. The molecule has 2 amide bonds. The first-order valence-electron chi connectivity index (χ1n) is 9.68. The highest BCUT2D eigenvalue weighted by molar-refractivity contribution is 5.94. The first-order valence-corrected chi connectivity index (χ1v) is 9.68. The van der Waals surface area contributed by atoms with Gasteiger partial charge in [-0.15, -0.1) is 0 Å². The second-order valence-electron chi connectivity index (χ2n) is 7.10. The number of rotatable bonds is 7. The van der Waals surface area contributed by atoms with E-state index in [1.165, 1.54) is 0 Å². The van der Waals surface area contributed by atoms with E-state index < -0.39 is 18.5 Å². The van der Waals surface area contributed by atoms with E-state index in [9.17, 15) is 14.4 Å². The van der Waals surface area contributed by atoms with Crippen molar-refractivity contribution in [1.29, 1.82) is 0 Å². The second kappa shape index (κ2) is 9.69. The van der Waals surface area contributed by atoms with Crippen LogP contribution in [0.5, 0.6) is 0 Å². The number of hydrogen-bond donors (Lipinski definition) is 2. The Morgan fingerprint density at radius 3 is 2.43 bits per heavy atom. The minimum atomic E-state index is -0.670. The van der Waals surface area contributed by atoms with E-state index in [1.807, 2.05) is 68.4 Å². The Balaban J connectivity index is 1.43. The zero-order chi connectivity index (χ0) is 21.5. The van der Waals surface area contributed by atoms with E-state index in [4.69, 9.17) is 4.74 Å². The van der Waals surface area contributed by atoms with Gasteiger partial charge in [-0.25, -0.2) is 0 Å². The summed E-state index contributed by atoms with van der Waals surface area (Å²) in [4.78, 5) is 36.0. The summed E-state index contributed by atoms with van der Waals surface area (Å²) in [5.74, 6) is -1.40. The third kappa shape index (κ3) is 5.67. The Kier molecular flexibility index (Phi) is 6.80. The Bertz CT molecular complexity index is 1090. The van der Waals surface area contributed by atoms with Gasteiger partial charge < -0.3 is 15.4 Å². The SMILES string of the molecule is Cc1ccc(NC(=O)COC(=O)CNC(=O)Cc2cccc3ccccc23)cc1C. The van der Waals surface area contributed by atoms with Crippen molar-refractivity contribution in [3.63, 3.8) is 0 Å². The van der Waals surface area contributed by atoms with Crippen molar-refractivity contribution in [2.45, 2.75) is 20.3 Å². The molecule has 0 atom stereocenters. The first kappa shape index (κ1) is 21.0. The van der Waals surface area contributed by atoms with Crippen molar-refractivity contribution in [3.05, 3.63) is 77.4 Å². The molecule has 0 radical (unpaired) electrons. The van der Waals surface area contributed by atoms with Crippen LogP contribution < -0.4 is 10.6 Å². The van der Waals surface area contributed by atoms with Crippen molar-refractivity contribution in [2.75, 3.05) is 18.5 Å². The highest BCUT2D eigenvalue weighted by atomic mass is 16.5. The van der Waals surface area contributed by atoms with E-state index in [0.717, 1.165) is 27.5 Å². The number of nitrogens with one attached hydrogen (secondary N) is 2. The fourth-order valence-electron chi connectivity index (χ4n) is 3.07. The number of amides is 2. The lowest BCUT2D eigenvalue weighted by molar-refractivity contribution is -0.147. The predicted octanol–water partition coefficient (Wildman–Crippen LogP) is 3.30. The predicted molar refractivity (Wildman–Crippen MR) is 116 cm³/mol. The fraction of sp³-hybridized carbons (Fsp3) is 0.208. The zero-order valence-electron chi connectivity index (χ0n) is 17.0. The monoisotopic (exact) mass is 404 g/mol. The van der Waals surface area contributed by atoms with Gasteiger partial charge in [0.05, 0.1) is 6.42 Å². The van der Waals surface area contributed by atoms with E-state index in [0.29, 0.717) is 5.69 Å². The van der Waals surface area contributed by atoms with Gasteiger partial charge in [-0.3, -0.25) is 14.4 Å². The first-order chi connectivity index (χ1) is 14.4. The molecule has 2 N–H and O–H groups in total. The van der Waals surface area contributed by atoms with Gasteiger partial charge in [0.1, 0.15) is 6.54 Å². The van der Waals surface area contributed by atoms with Crippen LogP contribution in [0.2, 0.25) is 0 Å². The highest BCUT2D eigenvalue weighted by Gasteiger charge is 2.11. The smallest absolute Gasteiger partial charge is 0.325 e. The lowest BCUT2D eigenvalue weighted by atomic mass is 10.0. The largest absolute Gasteiger partial charge is 0.454 e. The van der Waals surface area contributed by atoms with Gasteiger partial charge in [-0.05, 0) is 53.4 Å². The van der Waals surface area contributed by atoms with Gasteiger partial charge in [-0.1, -0.05) is 48.5 Å². The fourth-order valence-corrected chi connectivity index (χ4v) is 3.07. The molecule has 3 aromatic carbocycles. The van der Waals surface area contributed by atoms with E-state index in [2.05, 4.69) is 10.6 Å². The van der Waals surface area contributed by atoms with Crippen LogP contribution in [-0.2, 0) is 25.5 Å². The molecule has 0 aliphatic heterocycles. The van der Waals surface area contributed by atoms with Crippen molar-refractivity contribution < 1.29 is 19.1 Å². The van der Waals surface area contributed by atoms with Crippen molar-refractivity contribution in [2.24, 2.45) is 0 Å². The summed E-state index contributed by atoms with van der Waals surface area (Å²) in [7, 11) is 0. The molecule has 3 aromatic rings. The maximum absolute atomic E-state index is 12.2. The van der Waals surface area contributed by atoms with E-state index in [-0.39, 0.29) is 18.9 Å². The number of fused-ring (bicyclic) bond motifs is 1. The summed E-state index contributed by atoms with van der Waals surface area (Å²) < 4.78 is 4.94. The third-order valence-corrected chi connectivity index (χ3v) is 4.82. The van der Waals surface area contributed by atoms with Crippen molar-refractivity contribution >= 4 is 34.2 Å². The normalized spacial score (nSPS) is 10.5. The van der Waals surface area contributed by atoms with Gasteiger partial charge in [0, 0.05) is 5.69 Å². The molecule has 0 fully saturated rings. The zero-order valence-corrected chi connectivity index (χ0v) is 17.0. The summed E-state index contributed by atoms with van der Waals surface area (Å²) in [5, 5.41) is 7.27. The third-order valence-electron chi connectivity index (χ3n) is 4.82.